The molecule has 0 saturated carbocycles. The maximum atomic E-state index is 12.8. The molecule has 1 aromatic carbocycles. The highest BCUT2D eigenvalue weighted by molar-refractivity contribution is 7.89. The molecule has 1 atom stereocenters. The first-order chi connectivity index (χ1) is 11.9. The highest BCUT2D eigenvalue weighted by Gasteiger charge is 2.31. The highest BCUT2D eigenvalue weighted by Crippen LogP contribution is 2.33. The van der Waals surface area contributed by atoms with Gasteiger partial charge in [-0.05, 0) is 37.3 Å². The maximum Gasteiger partial charge on any atom is 0.241 e. The third kappa shape index (κ3) is 4.07. The first-order valence-corrected chi connectivity index (χ1v) is 10.1. The van der Waals surface area contributed by atoms with Crippen LogP contribution in [0.25, 0.3) is 0 Å². The van der Waals surface area contributed by atoms with E-state index in [4.69, 9.17) is 9.47 Å². The van der Waals surface area contributed by atoms with Crippen LogP contribution in [-0.2, 0) is 14.8 Å². The summed E-state index contributed by atoms with van der Waals surface area (Å²) in [6, 6.07) is 3.70. The van der Waals surface area contributed by atoms with Crippen molar-refractivity contribution in [2.24, 2.45) is 5.92 Å². The SMILES string of the molecule is CC(C)C[C@@H](NS(=O)(=O)c1ccc2c(c1)OCO2)C(=O)N1CCCC1. The second kappa shape index (κ2) is 7.21. The zero-order valence-corrected chi connectivity index (χ0v) is 15.3. The first kappa shape index (κ1) is 18.0. The van der Waals surface area contributed by atoms with Crippen molar-refractivity contribution in [1.82, 2.24) is 9.62 Å². The van der Waals surface area contributed by atoms with E-state index < -0.39 is 16.1 Å². The highest BCUT2D eigenvalue weighted by atomic mass is 32.2. The first-order valence-electron chi connectivity index (χ1n) is 8.57. The minimum atomic E-state index is -3.83. The number of hydrogen-bond donors (Lipinski definition) is 1. The number of nitrogens with zero attached hydrogens (tertiary/aromatic N) is 1. The van der Waals surface area contributed by atoms with Gasteiger partial charge in [0.2, 0.25) is 22.7 Å². The summed E-state index contributed by atoms with van der Waals surface area (Å²) in [4.78, 5) is 14.5. The smallest absolute Gasteiger partial charge is 0.241 e. The van der Waals surface area contributed by atoms with Crippen LogP contribution in [-0.4, -0.2) is 45.1 Å². The van der Waals surface area contributed by atoms with Crippen LogP contribution >= 0.6 is 0 Å². The molecule has 1 fully saturated rings. The van der Waals surface area contributed by atoms with E-state index in [1.807, 2.05) is 13.8 Å². The van der Waals surface area contributed by atoms with Gasteiger partial charge in [-0.25, -0.2) is 8.42 Å². The minimum Gasteiger partial charge on any atom is -0.454 e. The van der Waals surface area contributed by atoms with Crippen molar-refractivity contribution < 1.29 is 22.7 Å². The Morgan fingerprint density at radius 3 is 2.56 bits per heavy atom. The summed E-state index contributed by atoms with van der Waals surface area (Å²) in [5.74, 6) is 0.964. The largest absolute Gasteiger partial charge is 0.454 e. The van der Waals surface area contributed by atoms with E-state index in [-0.39, 0.29) is 23.5 Å². The van der Waals surface area contributed by atoms with E-state index in [2.05, 4.69) is 4.72 Å². The fourth-order valence-electron chi connectivity index (χ4n) is 3.13. The molecular weight excluding hydrogens is 344 g/mol. The molecule has 1 aromatic rings. The number of benzene rings is 1. The molecular formula is C17H24N2O5S. The molecule has 2 aliphatic heterocycles. The lowest BCUT2D eigenvalue weighted by Crippen LogP contribution is -2.48. The normalized spacial score (nSPS) is 18.0. The summed E-state index contributed by atoms with van der Waals surface area (Å²) >= 11 is 0. The van der Waals surface area contributed by atoms with Gasteiger partial charge in [0.1, 0.15) is 6.04 Å². The van der Waals surface area contributed by atoms with Gasteiger partial charge in [-0.15, -0.1) is 0 Å². The zero-order valence-electron chi connectivity index (χ0n) is 14.5. The molecule has 3 rings (SSSR count). The summed E-state index contributed by atoms with van der Waals surface area (Å²) in [7, 11) is -3.83. The van der Waals surface area contributed by atoms with Gasteiger partial charge in [0.15, 0.2) is 11.5 Å². The van der Waals surface area contributed by atoms with E-state index in [1.165, 1.54) is 12.1 Å². The van der Waals surface area contributed by atoms with Gasteiger partial charge < -0.3 is 14.4 Å². The molecule has 25 heavy (non-hydrogen) atoms. The molecule has 1 N–H and O–H groups in total. The number of carbonyl (C=O) groups excluding carboxylic acids is 1. The Balaban J connectivity index is 1.80. The molecule has 0 unspecified atom stereocenters. The van der Waals surface area contributed by atoms with Gasteiger partial charge in [-0.1, -0.05) is 13.8 Å². The van der Waals surface area contributed by atoms with Crippen molar-refractivity contribution in [3.8, 4) is 11.5 Å². The van der Waals surface area contributed by atoms with Crippen LogP contribution in [0.4, 0.5) is 0 Å². The van der Waals surface area contributed by atoms with Crippen LogP contribution in [0.5, 0.6) is 11.5 Å². The summed E-state index contributed by atoms with van der Waals surface area (Å²) in [6.45, 7) is 5.41. The molecule has 0 aliphatic carbocycles. The summed E-state index contributed by atoms with van der Waals surface area (Å²) in [5.41, 5.74) is 0. The lowest BCUT2D eigenvalue weighted by atomic mass is 10.0. The van der Waals surface area contributed by atoms with E-state index in [9.17, 15) is 13.2 Å². The van der Waals surface area contributed by atoms with Gasteiger partial charge in [0.05, 0.1) is 4.90 Å². The minimum absolute atomic E-state index is 0.0692. The van der Waals surface area contributed by atoms with Crippen LogP contribution in [0.2, 0.25) is 0 Å². The monoisotopic (exact) mass is 368 g/mol. The molecule has 1 amide bonds. The van der Waals surface area contributed by atoms with Crippen LogP contribution in [0, 0.1) is 5.92 Å². The van der Waals surface area contributed by atoms with Crippen molar-refractivity contribution >= 4 is 15.9 Å². The van der Waals surface area contributed by atoms with Crippen molar-refractivity contribution in [2.75, 3.05) is 19.9 Å². The number of nitrogens with one attached hydrogen (secondary N) is 1. The zero-order chi connectivity index (χ0) is 18.0. The van der Waals surface area contributed by atoms with E-state index in [0.29, 0.717) is 31.0 Å². The van der Waals surface area contributed by atoms with E-state index >= 15 is 0 Å². The Labute approximate surface area is 148 Å². The van der Waals surface area contributed by atoms with Gasteiger partial charge in [0, 0.05) is 19.2 Å². The van der Waals surface area contributed by atoms with Crippen LogP contribution in [0.1, 0.15) is 33.1 Å². The number of ether oxygens (including phenoxy) is 2. The fourth-order valence-corrected chi connectivity index (χ4v) is 4.35. The molecule has 8 heteroatoms. The number of sulfonamides is 1. The van der Waals surface area contributed by atoms with Gasteiger partial charge in [-0.3, -0.25) is 4.79 Å². The second-order valence-corrected chi connectivity index (χ2v) is 8.56. The number of hydrogen-bond acceptors (Lipinski definition) is 5. The molecule has 0 bridgehead atoms. The topological polar surface area (TPSA) is 84.9 Å². The Bertz CT molecular complexity index is 741. The standard InChI is InChI=1S/C17H24N2O5S/c1-12(2)9-14(17(20)19-7-3-4-8-19)18-25(21,22)13-5-6-15-16(10-13)24-11-23-15/h5-6,10,12,14,18H,3-4,7-9,11H2,1-2H3/t14-/m1/s1. The Morgan fingerprint density at radius 2 is 1.88 bits per heavy atom. The average molecular weight is 368 g/mol. The van der Waals surface area contributed by atoms with Crippen molar-refractivity contribution in [3.05, 3.63) is 18.2 Å². The predicted molar refractivity (Wildman–Crippen MR) is 91.9 cm³/mol. The second-order valence-electron chi connectivity index (χ2n) is 6.85. The van der Waals surface area contributed by atoms with Gasteiger partial charge in [0.25, 0.3) is 0 Å². The number of rotatable bonds is 6. The van der Waals surface area contributed by atoms with E-state index in [0.717, 1.165) is 12.8 Å². The molecule has 0 radical (unpaired) electrons. The molecule has 138 valence electrons. The number of carbonyl (C=O) groups is 1. The number of amides is 1. The Kier molecular flexibility index (Phi) is 5.19. The third-order valence-corrected chi connectivity index (χ3v) is 5.84. The predicted octanol–water partition coefficient (Wildman–Crippen LogP) is 1.73. The average Bonchev–Trinajstić information content (AvgIpc) is 3.23. The number of likely N-dealkylation sites (tertiary alicyclic amines) is 1. The molecule has 1 saturated heterocycles. The van der Waals surface area contributed by atoms with Crippen LogP contribution < -0.4 is 14.2 Å². The lowest BCUT2D eigenvalue weighted by molar-refractivity contribution is -0.132. The fraction of sp³-hybridized carbons (Fsp3) is 0.588. The van der Waals surface area contributed by atoms with E-state index in [1.54, 1.807) is 11.0 Å². The van der Waals surface area contributed by atoms with Crippen molar-refractivity contribution in [3.63, 3.8) is 0 Å². The number of fused-ring (bicyclic) bond motifs is 1. The molecule has 2 aliphatic rings. The lowest BCUT2D eigenvalue weighted by Gasteiger charge is -2.25. The molecule has 7 nitrogen and oxygen atoms in total. The summed E-state index contributed by atoms with van der Waals surface area (Å²) in [5, 5.41) is 0. The third-order valence-electron chi connectivity index (χ3n) is 4.37. The summed E-state index contributed by atoms with van der Waals surface area (Å²) in [6.07, 6.45) is 2.39. The van der Waals surface area contributed by atoms with Gasteiger partial charge >= 0.3 is 0 Å². The molecule has 0 spiro atoms. The van der Waals surface area contributed by atoms with Crippen molar-refractivity contribution in [2.45, 2.75) is 44.0 Å². The van der Waals surface area contributed by atoms with Crippen LogP contribution in [0.3, 0.4) is 0 Å². The summed E-state index contributed by atoms with van der Waals surface area (Å²) < 4.78 is 38.6. The van der Waals surface area contributed by atoms with Crippen LogP contribution in [0.15, 0.2) is 23.1 Å². The Morgan fingerprint density at radius 1 is 1.20 bits per heavy atom. The Hall–Kier alpha value is -1.80. The maximum absolute atomic E-state index is 12.8. The molecule has 2 heterocycles. The van der Waals surface area contributed by atoms with Crippen molar-refractivity contribution in [1.29, 1.82) is 0 Å². The van der Waals surface area contributed by atoms with Gasteiger partial charge in [-0.2, -0.15) is 4.72 Å². The molecule has 0 aromatic heterocycles. The quantitative estimate of drug-likeness (QED) is 0.827.